The van der Waals surface area contributed by atoms with Gasteiger partial charge < -0.3 is 15.8 Å². The molecule has 10 heteroatoms. The molecule has 0 bridgehead atoms. The van der Waals surface area contributed by atoms with Crippen molar-refractivity contribution >= 4 is 50.4 Å². The first-order valence-electron chi connectivity index (χ1n) is 9.19. The van der Waals surface area contributed by atoms with Gasteiger partial charge in [-0.2, -0.15) is 13.2 Å². The summed E-state index contributed by atoms with van der Waals surface area (Å²) in [5.74, 6) is 0.0419. The molecule has 1 amide bonds. The lowest BCUT2D eigenvalue weighted by Crippen LogP contribution is -2.13. The Morgan fingerprint density at radius 1 is 1.16 bits per heavy atom. The average Bonchev–Trinajstić information content (AvgIpc) is 3.10. The van der Waals surface area contributed by atoms with E-state index in [1.165, 1.54) is 6.07 Å². The molecule has 0 atom stereocenters. The van der Waals surface area contributed by atoms with E-state index < -0.39 is 22.7 Å². The third kappa shape index (κ3) is 4.21. The number of anilines is 2. The van der Waals surface area contributed by atoms with Crippen LogP contribution in [0.5, 0.6) is 5.75 Å². The summed E-state index contributed by atoms with van der Waals surface area (Å²) in [4.78, 5) is 18.0. The smallest absolute Gasteiger partial charge is 0.417 e. The number of benzene rings is 2. The molecule has 0 saturated heterocycles. The molecule has 0 spiro atoms. The van der Waals surface area contributed by atoms with E-state index in [4.69, 9.17) is 22.1 Å². The number of fused-ring (bicyclic) bond motifs is 1. The SMILES string of the molecule is COc1cccc(-c2ccc3c(N)c(C(=O)Nc4ccc(Cl)c(C(F)(F)F)c4)sc3n2)c1. The van der Waals surface area contributed by atoms with Crippen LogP contribution in [0.1, 0.15) is 15.2 Å². The number of methoxy groups -OCH3 is 1. The quantitative estimate of drug-likeness (QED) is 0.352. The number of carbonyl (C=O) groups is 1. The lowest BCUT2D eigenvalue weighted by molar-refractivity contribution is -0.137. The first kappa shape index (κ1) is 21.9. The monoisotopic (exact) mass is 477 g/mol. The van der Waals surface area contributed by atoms with Crippen LogP contribution < -0.4 is 15.8 Å². The molecule has 0 aliphatic carbocycles. The molecule has 2 aromatic heterocycles. The molecular formula is C22H15ClF3N3O2S. The number of ether oxygens (including phenoxy) is 1. The third-order valence-electron chi connectivity index (χ3n) is 4.70. The highest BCUT2D eigenvalue weighted by molar-refractivity contribution is 7.21. The fraction of sp³-hybridized carbons (Fsp3) is 0.0909. The normalized spacial score (nSPS) is 11.5. The van der Waals surface area contributed by atoms with Gasteiger partial charge in [0.1, 0.15) is 15.5 Å². The number of carbonyl (C=O) groups excluding carboxylic acids is 1. The first-order chi connectivity index (χ1) is 15.2. The summed E-state index contributed by atoms with van der Waals surface area (Å²) in [6, 6.07) is 14.0. The van der Waals surface area contributed by atoms with E-state index in [0.29, 0.717) is 21.7 Å². The Morgan fingerprint density at radius 3 is 2.66 bits per heavy atom. The van der Waals surface area contributed by atoms with Crippen LogP contribution in [0.3, 0.4) is 0 Å². The first-order valence-corrected chi connectivity index (χ1v) is 10.4. The molecule has 3 N–H and O–H groups in total. The summed E-state index contributed by atoms with van der Waals surface area (Å²) in [6.07, 6.45) is -4.64. The second kappa shape index (κ2) is 8.33. The zero-order valence-electron chi connectivity index (χ0n) is 16.5. The van der Waals surface area contributed by atoms with Crippen LogP contribution in [0.15, 0.2) is 54.6 Å². The molecule has 164 valence electrons. The van der Waals surface area contributed by atoms with Gasteiger partial charge in [0.2, 0.25) is 0 Å². The van der Waals surface area contributed by atoms with Gasteiger partial charge >= 0.3 is 6.18 Å². The van der Waals surface area contributed by atoms with Crippen LogP contribution in [-0.4, -0.2) is 18.0 Å². The Bertz CT molecular complexity index is 1340. The van der Waals surface area contributed by atoms with E-state index >= 15 is 0 Å². The van der Waals surface area contributed by atoms with Gasteiger partial charge in [0.05, 0.1) is 29.1 Å². The Kier molecular flexibility index (Phi) is 5.70. The maximum absolute atomic E-state index is 13.1. The molecule has 0 fully saturated rings. The number of halogens is 4. The number of nitrogens with one attached hydrogen (secondary N) is 1. The van der Waals surface area contributed by atoms with Gasteiger partial charge in [-0.25, -0.2) is 4.98 Å². The molecule has 2 aromatic carbocycles. The number of aromatic nitrogens is 1. The van der Waals surface area contributed by atoms with Crippen LogP contribution in [0.2, 0.25) is 5.02 Å². The molecule has 4 rings (SSSR count). The summed E-state index contributed by atoms with van der Waals surface area (Å²) in [6.45, 7) is 0. The van der Waals surface area contributed by atoms with Crippen molar-refractivity contribution in [2.45, 2.75) is 6.18 Å². The van der Waals surface area contributed by atoms with Crippen molar-refractivity contribution in [3.05, 3.63) is 70.1 Å². The summed E-state index contributed by atoms with van der Waals surface area (Å²) in [7, 11) is 1.57. The van der Waals surface area contributed by atoms with Crippen molar-refractivity contribution in [2.24, 2.45) is 0 Å². The molecule has 0 radical (unpaired) electrons. The number of alkyl halides is 3. The highest BCUT2D eigenvalue weighted by Crippen LogP contribution is 2.38. The van der Waals surface area contributed by atoms with Crippen LogP contribution in [0.25, 0.3) is 21.5 Å². The number of pyridine rings is 1. The molecule has 0 unspecified atom stereocenters. The molecule has 0 aliphatic heterocycles. The zero-order chi connectivity index (χ0) is 23.0. The van der Waals surface area contributed by atoms with Crippen molar-refractivity contribution in [1.82, 2.24) is 4.98 Å². The topological polar surface area (TPSA) is 77.2 Å². The summed E-state index contributed by atoms with van der Waals surface area (Å²) in [5, 5.41) is 2.58. The van der Waals surface area contributed by atoms with Crippen LogP contribution >= 0.6 is 22.9 Å². The van der Waals surface area contributed by atoms with Gasteiger partial charge in [0.15, 0.2) is 0 Å². The minimum atomic E-state index is -4.64. The van der Waals surface area contributed by atoms with Gasteiger partial charge in [-0.15, -0.1) is 11.3 Å². The molecule has 2 heterocycles. The molecule has 4 aromatic rings. The van der Waals surface area contributed by atoms with Gasteiger partial charge in [-0.1, -0.05) is 23.7 Å². The maximum atomic E-state index is 13.1. The predicted molar refractivity (Wildman–Crippen MR) is 120 cm³/mol. The fourth-order valence-electron chi connectivity index (χ4n) is 3.12. The Balaban J connectivity index is 1.66. The maximum Gasteiger partial charge on any atom is 0.417 e. The minimum absolute atomic E-state index is 0.0476. The second-order valence-corrected chi connectivity index (χ2v) is 8.18. The van der Waals surface area contributed by atoms with E-state index in [9.17, 15) is 18.0 Å². The standard InChI is InChI=1S/C22H15ClF3N3O2S/c1-31-13-4-2-3-11(9-13)17-8-6-14-18(27)19(32-21(14)29-17)20(30)28-12-5-7-16(23)15(10-12)22(24,25)26/h2-10H,27H2,1H3,(H,28,30). The Hall–Kier alpha value is -3.30. The van der Waals surface area contributed by atoms with Gasteiger partial charge in [-0.05, 0) is 42.5 Å². The number of hydrogen-bond donors (Lipinski definition) is 2. The predicted octanol–water partition coefficient (Wildman–Crippen LogP) is 6.48. The van der Waals surface area contributed by atoms with Crippen LogP contribution in [0, 0.1) is 0 Å². The minimum Gasteiger partial charge on any atom is -0.497 e. The fourth-order valence-corrected chi connectivity index (χ4v) is 4.33. The molecule has 0 aliphatic rings. The molecule has 5 nitrogen and oxygen atoms in total. The highest BCUT2D eigenvalue weighted by atomic mass is 35.5. The zero-order valence-corrected chi connectivity index (χ0v) is 18.0. The van der Waals surface area contributed by atoms with Crippen molar-refractivity contribution in [3.8, 4) is 17.0 Å². The van der Waals surface area contributed by atoms with E-state index in [2.05, 4.69) is 10.3 Å². The van der Waals surface area contributed by atoms with E-state index in [1.807, 2.05) is 24.3 Å². The Labute approximate surface area is 189 Å². The average molecular weight is 478 g/mol. The second-order valence-electron chi connectivity index (χ2n) is 6.77. The van der Waals surface area contributed by atoms with Crippen molar-refractivity contribution in [3.63, 3.8) is 0 Å². The summed E-state index contributed by atoms with van der Waals surface area (Å²) < 4.78 is 44.5. The van der Waals surface area contributed by atoms with Gasteiger partial charge in [0, 0.05) is 16.6 Å². The molecular weight excluding hydrogens is 463 g/mol. The van der Waals surface area contributed by atoms with Crippen LogP contribution in [-0.2, 0) is 6.18 Å². The van der Waals surface area contributed by atoms with E-state index in [0.717, 1.165) is 29.0 Å². The number of amides is 1. The van der Waals surface area contributed by atoms with Crippen molar-refractivity contribution < 1.29 is 22.7 Å². The lowest BCUT2D eigenvalue weighted by Gasteiger charge is -2.11. The highest BCUT2D eigenvalue weighted by Gasteiger charge is 2.33. The number of rotatable bonds is 4. The van der Waals surface area contributed by atoms with Crippen molar-refractivity contribution in [1.29, 1.82) is 0 Å². The summed E-state index contributed by atoms with van der Waals surface area (Å²) in [5.41, 5.74) is 6.75. The summed E-state index contributed by atoms with van der Waals surface area (Å²) >= 11 is 6.69. The lowest BCUT2D eigenvalue weighted by atomic mass is 10.1. The van der Waals surface area contributed by atoms with E-state index in [1.54, 1.807) is 19.2 Å². The molecule has 0 saturated carbocycles. The van der Waals surface area contributed by atoms with Gasteiger partial charge in [0.25, 0.3) is 5.91 Å². The largest absolute Gasteiger partial charge is 0.497 e. The van der Waals surface area contributed by atoms with E-state index in [-0.39, 0.29) is 16.3 Å². The Morgan fingerprint density at radius 2 is 1.94 bits per heavy atom. The van der Waals surface area contributed by atoms with Crippen molar-refractivity contribution in [2.75, 3.05) is 18.2 Å². The number of nitrogens with zero attached hydrogens (tertiary/aromatic N) is 1. The number of nitrogen functional groups attached to an aromatic ring is 1. The van der Waals surface area contributed by atoms with Gasteiger partial charge in [-0.3, -0.25) is 4.79 Å². The number of hydrogen-bond acceptors (Lipinski definition) is 5. The molecule has 32 heavy (non-hydrogen) atoms. The number of nitrogens with two attached hydrogens (primary N) is 1. The number of thiophene rings is 1. The van der Waals surface area contributed by atoms with Crippen LogP contribution in [0.4, 0.5) is 24.5 Å². The third-order valence-corrected chi connectivity index (χ3v) is 6.14.